The summed E-state index contributed by atoms with van der Waals surface area (Å²) in [6, 6.07) is 0. The number of phosphoric ester groups is 1. The summed E-state index contributed by atoms with van der Waals surface area (Å²) in [4.78, 5) is 22.7. The molecule has 0 aliphatic carbocycles. The molecule has 0 aromatic rings. The van der Waals surface area contributed by atoms with Crippen molar-refractivity contribution in [1.29, 1.82) is 0 Å². The Morgan fingerprint density at radius 1 is 0.588 bits per heavy atom. The number of phosphoric acid groups is 1. The molecule has 0 saturated carbocycles. The summed E-state index contributed by atoms with van der Waals surface area (Å²) in [5.41, 5.74) is 0.752. The van der Waals surface area contributed by atoms with E-state index in [-0.39, 0.29) is 13.2 Å². The van der Waals surface area contributed by atoms with Gasteiger partial charge in [0.15, 0.2) is 0 Å². The minimum Gasteiger partial charge on any atom is -0.462 e. The van der Waals surface area contributed by atoms with Crippen molar-refractivity contribution in [3.63, 3.8) is 0 Å². The first-order chi connectivity index (χ1) is 16.2. The van der Waals surface area contributed by atoms with Gasteiger partial charge in [0.2, 0.25) is 0 Å². The average Bonchev–Trinajstić information content (AvgIpc) is 2.79. The van der Waals surface area contributed by atoms with Crippen molar-refractivity contribution in [1.82, 2.24) is 0 Å². The van der Waals surface area contributed by atoms with Crippen LogP contribution in [0, 0.1) is 0 Å². The fourth-order valence-electron chi connectivity index (χ4n) is 2.68. The Morgan fingerprint density at radius 3 is 1.26 bits per heavy atom. The Bertz CT molecular complexity index is 603. The Balaban J connectivity index is 4.22. The van der Waals surface area contributed by atoms with Crippen molar-refractivity contribution in [2.45, 2.75) is 91.4 Å². The molecule has 0 N–H and O–H groups in total. The third kappa shape index (κ3) is 18.9. The van der Waals surface area contributed by atoms with Gasteiger partial charge in [0.1, 0.15) is 0 Å². The molecular weight excluding hydrogens is 459 g/mol. The van der Waals surface area contributed by atoms with E-state index < -0.39 is 19.8 Å². The Labute approximate surface area is 206 Å². The largest absolute Gasteiger partial charge is 0.474 e. The number of esters is 2. The molecule has 0 saturated heterocycles. The van der Waals surface area contributed by atoms with Gasteiger partial charge in [-0.3, -0.25) is 13.6 Å². The third-order valence-corrected chi connectivity index (χ3v) is 6.23. The van der Waals surface area contributed by atoms with Gasteiger partial charge < -0.3 is 9.47 Å². The first kappa shape index (κ1) is 32.5. The number of hydrogen-bond acceptors (Lipinski definition) is 8. The van der Waals surface area contributed by atoms with Gasteiger partial charge in [-0.1, -0.05) is 45.8 Å². The molecule has 0 spiro atoms. The normalized spacial score (nSPS) is 11.3. The molecule has 198 valence electrons. The molecular formula is C25H45O8P. The van der Waals surface area contributed by atoms with E-state index in [9.17, 15) is 14.2 Å². The molecule has 0 aromatic heterocycles. The topological polar surface area (TPSA) is 97.4 Å². The minimum absolute atomic E-state index is 0.235. The highest BCUT2D eigenvalue weighted by Crippen LogP contribution is 2.50. The van der Waals surface area contributed by atoms with Crippen molar-refractivity contribution in [2.24, 2.45) is 0 Å². The zero-order valence-corrected chi connectivity index (χ0v) is 22.3. The summed E-state index contributed by atoms with van der Waals surface area (Å²) in [6.07, 6.45) is 9.43. The zero-order chi connectivity index (χ0) is 25.7. The molecule has 34 heavy (non-hydrogen) atoms. The number of carbonyl (C=O) groups excluding carboxylic acids is 2. The van der Waals surface area contributed by atoms with E-state index in [0.29, 0.717) is 56.7 Å². The predicted octanol–water partition coefficient (Wildman–Crippen LogP) is 6.69. The van der Waals surface area contributed by atoms with E-state index in [1.807, 2.05) is 0 Å². The SMILES string of the molecule is C=C(C)C(=O)OCCCCCOP(=O)(OCCCCCCC)OCCCCCOC(=O)C(=C)C. The van der Waals surface area contributed by atoms with Crippen LogP contribution in [0.3, 0.4) is 0 Å². The fraction of sp³-hybridized carbons (Fsp3) is 0.760. The highest BCUT2D eigenvalue weighted by molar-refractivity contribution is 7.48. The lowest BCUT2D eigenvalue weighted by Crippen LogP contribution is -2.07. The molecule has 0 bridgehead atoms. The molecule has 0 aliphatic rings. The summed E-state index contributed by atoms with van der Waals surface area (Å²) in [6.45, 7) is 13.9. The molecule has 0 heterocycles. The standard InChI is InChI=1S/C25H45O8P/c1-6-7-8-9-14-19-31-34(28,32-20-15-10-12-17-29-24(26)22(2)3)33-21-16-11-13-18-30-25(27)23(4)5/h2,4,6-21H2,1,3,5H3. The van der Waals surface area contributed by atoms with Gasteiger partial charge in [0.25, 0.3) is 0 Å². The van der Waals surface area contributed by atoms with Crippen molar-refractivity contribution >= 4 is 19.8 Å². The Kier molecular flexibility index (Phi) is 20.0. The van der Waals surface area contributed by atoms with Gasteiger partial charge in [-0.05, 0) is 58.8 Å². The highest BCUT2D eigenvalue weighted by Gasteiger charge is 2.26. The monoisotopic (exact) mass is 504 g/mol. The predicted molar refractivity (Wildman–Crippen MR) is 133 cm³/mol. The Hall–Kier alpha value is -1.47. The van der Waals surface area contributed by atoms with Gasteiger partial charge in [-0.2, -0.15) is 0 Å². The molecule has 0 radical (unpaired) electrons. The summed E-state index contributed by atoms with van der Waals surface area (Å²) in [5, 5.41) is 0. The summed E-state index contributed by atoms with van der Waals surface area (Å²) >= 11 is 0. The first-order valence-electron chi connectivity index (χ1n) is 12.4. The number of unbranched alkanes of at least 4 members (excludes halogenated alkanes) is 8. The number of rotatable bonds is 23. The molecule has 0 unspecified atom stereocenters. The van der Waals surface area contributed by atoms with Crippen LogP contribution in [0.25, 0.3) is 0 Å². The van der Waals surface area contributed by atoms with E-state index in [1.165, 1.54) is 6.42 Å². The lowest BCUT2D eigenvalue weighted by molar-refractivity contribution is -0.139. The maximum atomic E-state index is 13.0. The van der Waals surface area contributed by atoms with Crippen LogP contribution in [0.2, 0.25) is 0 Å². The second kappa shape index (κ2) is 20.9. The number of carbonyl (C=O) groups is 2. The summed E-state index contributed by atoms with van der Waals surface area (Å²) in [5.74, 6) is -0.786. The average molecular weight is 505 g/mol. The van der Waals surface area contributed by atoms with E-state index in [0.717, 1.165) is 38.5 Å². The number of ether oxygens (including phenoxy) is 2. The molecule has 0 amide bonds. The van der Waals surface area contributed by atoms with Crippen molar-refractivity contribution in [2.75, 3.05) is 33.0 Å². The molecule has 0 atom stereocenters. The summed E-state index contributed by atoms with van der Waals surface area (Å²) in [7, 11) is -3.64. The van der Waals surface area contributed by atoms with Crippen LogP contribution in [0.4, 0.5) is 0 Å². The van der Waals surface area contributed by atoms with Crippen LogP contribution in [0.5, 0.6) is 0 Å². The highest BCUT2D eigenvalue weighted by atomic mass is 31.2. The minimum atomic E-state index is -3.64. The van der Waals surface area contributed by atoms with E-state index in [2.05, 4.69) is 20.1 Å². The van der Waals surface area contributed by atoms with Crippen molar-refractivity contribution in [3.8, 4) is 0 Å². The number of hydrogen-bond donors (Lipinski definition) is 0. The van der Waals surface area contributed by atoms with Gasteiger partial charge >= 0.3 is 19.8 Å². The molecule has 0 rings (SSSR count). The van der Waals surface area contributed by atoms with Gasteiger partial charge in [0, 0.05) is 11.1 Å². The van der Waals surface area contributed by atoms with Crippen LogP contribution in [0.15, 0.2) is 24.3 Å². The Morgan fingerprint density at radius 2 is 0.912 bits per heavy atom. The summed E-state index contributed by atoms with van der Waals surface area (Å²) < 4.78 is 39.6. The maximum absolute atomic E-state index is 13.0. The van der Waals surface area contributed by atoms with Crippen LogP contribution < -0.4 is 0 Å². The second-order valence-electron chi connectivity index (χ2n) is 8.31. The van der Waals surface area contributed by atoms with Crippen LogP contribution >= 0.6 is 7.82 Å². The lowest BCUT2D eigenvalue weighted by Gasteiger charge is -2.18. The van der Waals surface area contributed by atoms with E-state index in [1.54, 1.807) is 13.8 Å². The zero-order valence-electron chi connectivity index (χ0n) is 21.4. The first-order valence-corrected chi connectivity index (χ1v) is 13.9. The third-order valence-electron chi connectivity index (χ3n) is 4.74. The molecule has 9 heteroatoms. The van der Waals surface area contributed by atoms with Crippen LogP contribution in [-0.2, 0) is 37.2 Å². The lowest BCUT2D eigenvalue weighted by atomic mass is 10.2. The van der Waals surface area contributed by atoms with Crippen LogP contribution in [-0.4, -0.2) is 45.0 Å². The molecule has 8 nitrogen and oxygen atoms in total. The van der Waals surface area contributed by atoms with Crippen LogP contribution in [0.1, 0.15) is 91.4 Å². The van der Waals surface area contributed by atoms with Crippen molar-refractivity contribution < 1.29 is 37.2 Å². The van der Waals surface area contributed by atoms with Gasteiger partial charge in [-0.25, -0.2) is 14.2 Å². The maximum Gasteiger partial charge on any atom is 0.474 e. The van der Waals surface area contributed by atoms with E-state index >= 15 is 0 Å². The quantitative estimate of drug-likeness (QED) is 0.0657. The van der Waals surface area contributed by atoms with Crippen molar-refractivity contribution in [3.05, 3.63) is 24.3 Å². The molecule has 0 fully saturated rings. The van der Waals surface area contributed by atoms with Gasteiger partial charge in [-0.15, -0.1) is 0 Å². The van der Waals surface area contributed by atoms with Gasteiger partial charge in [0.05, 0.1) is 33.0 Å². The smallest absolute Gasteiger partial charge is 0.462 e. The fourth-order valence-corrected chi connectivity index (χ4v) is 3.97. The molecule has 0 aliphatic heterocycles. The molecule has 0 aromatic carbocycles. The van der Waals surface area contributed by atoms with E-state index in [4.69, 9.17) is 23.0 Å². The second-order valence-corrected chi connectivity index (χ2v) is 9.98.